The van der Waals surface area contributed by atoms with E-state index in [4.69, 9.17) is 16.3 Å². The first-order valence-electron chi connectivity index (χ1n) is 9.69. The summed E-state index contributed by atoms with van der Waals surface area (Å²) >= 11 is 5.87. The summed E-state index contributed by atoms with van der Waals surface area (Å²) in [7, 11) is 0. The van der Waals surface area contributed by atoms with E-state index in [0.717, 1.165) is 30.3 Å². The quantitative estimate of drug-likeness (QED) is 0.638. The summed E-state index contributed by atoms with van der Waals surface area (Å²) in [5.41, 5.74) is 2.96. The van der Waals surface area contributed by atoms with Crippen molar-refractivity contribution in [2.75, 3.05) is 41.8 Å². The Morgan fingerprint density at radius 2 is 1.67 bits per heavy atom. The van der Waals surface area contributed by atoms with Crippen LogP contribution in [0.1, 0.15) is 16.1 Å². The topological polar surface area (TPSA) is 79.4 Å². The number of amides is 1. The Morgan fingerprint density at radius 1 is 1.00 bits per heavy atom. The fraction of sp³-hybridized carbons (Fsp3) is 0.227. The summed E-state index contributed by atoms with van der Waals surface area (Å²) in [6.07, 6.45) is 0. The Labute approximate surface area is 180 Å². The van der Waals surface area contributed by atoms with E-state index in [-0.39, 0.29) is 5.91 Å². The summed E-state index contributed by atoms with van der Waals surface area (Å²) in [6, 6.07) is 16.1. The maximum Gasteiger partial charge on any atom is 0.255 e. The third kappa shape index (κ3) is 5.06. The number of carbonyl (C=O) groups is 1. The molecule has 1 aliphatic heterocycles. The van der Waals surface area contributed by atoms with E-state index in [1.807, 2.05) is 37.3 Å². The van der Waals surface area contributed by atoms with E-state index in [0.29, 0.717) is 35.4 Å². The van der Waals surface area contributed by atoms with Crippen LogP contribution in [-0.4, -0.2) is 42.2 Å². The Hall–Kier alpha value is -3.16. The van der Waals surface area contributed by atoms with Gasteiger partial charge in [0.1, 0.15) is 5.82 Å². The molecule has 1 aliphatic rings. The van der Waals surface area contributed by atoms with Gasteiger partial charge in [0, 0.05) is 46.8 Å². The first kappa shape index (κ1) is 20.1. The predicted molar refractivity (Wildman–Crippen MR) is 119 cm³/mol. The molecule has 1 amide bonds. The van der Waals surface area contributed by atoms with Gasteiger partial charge in [0.2, 0.25) is 5.95 Å². The number of ether oxygens (including phenoxy) is 1. The zero-order valence-corrected chi connectivity index (χ0v) is 17.3. The number of aryl methyl sites for hydroxylation is 1. The molecule has 7 nitrogen and oxygen atoms in total. The highest BCUT2D eigenvalue weighted by Crippen LogP contribution is 2.21. The Bertz CT molecular complexity index is 1020. The fourth-order valence-electron chi connectivity index (χ4n) is 3.13. The monoisotopic (exact) mass is 423 g/mol. The maximum absolute atomic E-state index is 12.3. The zero-order chi connectivity index (χ0) is 20.9. The third-order valence-electron chi connectivity index (χ3n) is 4.68. The van der Waals surface area contributed by atoms with Crippen molar-refractivity contribution in [3.63, 3.8) is 0 Å². The largest absolute Gasteiger partial charge is 0.378 e. The Balaban J connectivity index is 1.42. The normalized spacial score (nSPS) is 13.7. The molecule has 2 heterocycles. The van der Waals surface area contributed by atoms with Crippen LogP contribution in [-0.2, 0) is 4.74 Å². The van der Waals surface area contributed by atoms with Gasteiger partial charge in [-0.15, -0.1) is 0 Å². The standard InChI is InChI=1S/C22H22ClN5O2/c1-15-14-20(28-10-12-30-13-11-28)27-22(24-15)26-19-8-6-18(7-9-19)25-21(29)16-2-4-17(23)5-3-16/h2-9,14H,10-13H2,1H3,(H,25,29)(H,24,26,27). The summed E-state index contributed by atoms with van der Waals surface area (Å²) in [5, 5.41) is 6.70. The van der Waals surface area contributed by atoms with Gasteiger partial charge in [0.15, 0.2) is 0 Å². The fourth-order valence-corrected chi connectivity index (χ4v) is 3.26. The number of nitrogens with one attached hydrogen (secondary N) is 2. The van der Waals surface area contributed by atoms with Crippen molar-refractivity contribution in [3.8, 4) is 0 Å². The van der Waals surface area contributed by atoms with Crippen LogP contribution in [0, 0.1) is 6.92 Å². The number of hydrogen-bond acceptors (Lipinski definition) is 6. The number of hydrogen-bond donors (Lipinski definition) is 2. The van der Waals surface area contributed by atoms with Gasteiger partial charge in [-0.25, -0.2) is 4.98 Å². The summed E-state index contributed by atoms with van der Waals surface area (Å²) in [4.78, 5) is 23.6. The Kier molecular flexibility index (Phi) is 6.11. The number of aromatic nitrogens is 2. The molecule has 0 radical (unpaired) electrons. The van der Waals surface area contributed by atoms with E-state index < -0.39 is 0 Å². The van der Waals surface area contributed by atoms with Gasteiger partial charge in [-0.05, 0) is 55.5 Å². The molecule has 1 saturated heterocycles. The second-order valence-electron chi connectivity index (χ2n) is 6.95. The minimum atomic E-state index is -0.190. The van der Waals surface area contributed by atoms with E-state index in [2.05, 4.69) is 25.5 Å². The average Bonchev–Trinajstić information content (AvgIpc) is 2.76. The molecule has 0 saturated carbocycles. The molecule has 8 heteroatoms. The number of halogens is 1. The molecule has 0 aliphatic carbocycles. The zero-order valence-electron chi connectivity index (χ0n) is 16.6. The first-order chi connectivity index (χ1) is 14.6. The highest BCUT2D eigenvalue weighted by atomic mass is 35.5. The number of carbonyl (C=O) groups excluding carboxylic acids is 1. The van der Waals surface area contributed by atoms with E-state index >= 15 is 0 Å². The van der Waals surface area contributed by atoms with Crippen LogP contribution in [0.4, 0.5) is 23.1 Å². The summed E-state index contributed by atoms with van der Waals surface area (Å²) in [6.45, 7) is 4.99. The molecule has 1 fully saturated rings. The van der Waals surface area contributed by atoms with Gasteiger partial charge in [0.05, 0.1) is 13.2 Å². The molecule has 0 spiro atoms. The number of anilines is 4. The van der Waals surface area contributed by atoms with Gasteiger partial charge in [-0.3, -0.25) is 4.79 Å². The first-order valence-corrected chi connectivity index (χ1v) is 10.1. The van der Waals surface area contributed by atoms with Crippen molar-refractivity contribution in [2.24, 2.45) is 0 Å². The highest BCUT2D eigenvalue weighted by molar-refractivity contribution is 6.30. The molecular formula is C22H22ClN5O2. The number of morpholine rings is 1. The highest BCUT2D eigenvalue weighted by Gasteiger charge is 2.14. The lowest BCUT2D eigenvalue weighted by Crippen LogP contribution is -2.36. The van der Waals surface area contributed by atoms with Crippen LogP contribution < -0.4 is 15.5 Å². The lowest BCUT2D eigenvalue weighted by Gasteiger charge is -2.28. The SMILES string of the molecule is Cc1cc(N2CCOCC2)nc(Nc2ccc(NC(=O)c3ccc(Cl)cc3)cc2)n1. The number of rotatable bonds is 5. The van der Waals surface area contributed by atoms with Crippen LogP contribution in [0.2, 0.25) is 5.02 Å². The van der Waals surface area contributed by atoms with Crippen LogP contribution in [0.25, 0.3) is 0 Å². The second kappa shape index (κ2) is 9.11. The van der Waals surface area contributed by atoms with Crippen LogP contribution in [0.5, 0.6) is 0 Å². The molecular weight excluding hydrogens is 402 g/mol. The number of nitrogens with zero attached hydrogens (tertiary/aromatic N) is 3. The predicted octanol–water partition coefficient (Wildman–Crippen LogP) is 4.27. The van der Waals surface area contributed by atoms with Gasteiger partial charge in [-0.1, -0.05) is 11.6 Å². The Morgan fingerprint density at radius 3 is 2.37 bits per heavy atom. The molecule has 0 atom stereocenters. The van der Waals surface area contributed by atoms with Crippen molar-refractivity contribution >= 4 is 40.6 Å². The van der Waals surface area contributed by atoms with Gasteiger partial charge in [-0.2, -0.15) is 4.98 Å². The summed E-state index contributed by atoms with van der Waals surface area (Å²) in [5.74, 6) is 1.24. The lowest BCUT2D eigenvalue weighted by molar-refractivity contribution is 0.102. The van der Waals surface area contributed by atoms with Crippen LogP contribution in [0.15, 0.2) is 54.6 Å². The van der Waals surface area contributed by atoms with Crippen molar-refractivity contribution in [1.82, 2.24) is 9.97 Å². The average molecular weight is 424 g/mol. The summed E-state index contributed by atoms with van der Waals surface area (Å²) < 4.78 is 5.41. The van der Waals surface area contributed by atoms with Crippen molar-refractivity contribution < 1.29 is 9.53 Å². The molecule has 3 aromatic rings. The molecule has 154 valence electrons. The molecule has 0 unspecified atom stereocenters. The van der Waals surface area contributed by atoms with Crippen molar-refractivity contribution in [1.29, 1.82) is 0 Å². The molecule has 30 heavy (non-hydrogen) atoms. The maximum atomic E-state index is 12.3. The van der Waals surface area contributed by atoms with E-state index in [9.17, 15) is 4.79 Å². The minimum Gasteiger partial charge on any atom is -0.378 e. The lowest BCUT2D eigenvalue weighted by atomic mass is 10.2. The third-order valence-corrected chi connectivity index (χ3v) is 4.93. The van der Waals surface area contributed by atoms with Crippen LogP contribution >= 0.6 is 11.6 Å². The molecule has 4 rings (SSSR count). The van der Waals surface area contributed by atoms with Crippen molar-refractivity contribution in [3.05, 3.63) is 70.9 Å². The van der Waals surface area contributed by atoms with Crippen molar-refractivity contribution in [2.45, 2.75) is 6.92 Å². The number of benzene rings is 2. The molecule has 0 bridgehead atoms. The smallest absolute Gasteiger partial charge is 0.255 e. The van der Waals surface area contributed by atoms with Crippen LogP contribution in [0.3, 0.4) is 0 Å². The van der Waals surface area contributed by atoms with Gasteiger partial charge >= 0.3 is 0 Å². The van der Waals surface area contributed by atoms with Gasteiger partial charge in [0.25, 0.3) is 5.91 Å². The molecule has 2 N–H and O–H groups in total. The van der Waals surface area contributed by atoms with E-state index in [1.54, 1.807) is 24.3 Å². The molecule has 2 aromatic carbocycles. The van der Waals surface area contributed by atoms with E-state index in [1.165, 1.54) is 0 Å². The second-order valence-corrected chi connectivity index (χ2v) is 7.39. The minimum absolute atomic E-state index is 0.190. The van der Waals surface area contributed by atoms with Gasteiger partial charge < -0.3 is 20.3 Å². The molecule has 1 aromatic heterocycles.